The Morgan fingerprint density at radius 1 is 0.323 bits per heavy atom. The molecule has 0 aromatic heterocycles. The molecule has 18 heteroatoms. The van der Waals surface area contributed by atoms with E-state index < -0.39 is 0 Å². The van der Waals surface area contributed by atoms with Crippen LogP contribution in [0.15, 0.2) is 0 Å². The Morgan fingerprint density at radius 2 is 0.523 bits per heavy atom. The molecule has 0 spiro atoms. The van der Waals surface area contributed by atoms with E-state index in [1.807, 2.05) is 0 Å². The average Bonchev–Trinajstić information content (AvgIpc) is 3.29. The molecule has 5 fully saturated rings. The lowest BCUT2D eigenvalue weighted by Gasteiger charge is -2.36. The molecule has 0 saturated carbocycles. The molecule has 5 heterocycles. The van der Waals surface area contributed by atoms with Crippen molar-refractivity contribution in [2.45, 2.75) is 116 Å². The highest BCUT2D eigenvalue weighted by Crippen LogP contribution is 2.06. The average molecular weight is 930 g/mol. The maximum atomic E-state index is 5.97. The highest BCUT2D eigenvalue weighted by Gasteiger charge is 2.21. The molecule has 0 aromatic carbocycles. The smallest absolute Gasteiger partial charge is 0.0165 e. The van der Waals surface area contributed by atoms with Crippen molar-refractivity contribution in [1.29, 1.82) is 0 Å². The van der Waals surface area contributed by atoms with E-state index in [1.54, 1.807) is 0 Å². The number of nitrogens with two attached hydrogens (primary N) is 8. The molecule has 65 heavy (non-hydrogen) atoms. The van der Waals surface area contributed by atoms with E-state index in [2.05, 4.69) is 98.3 Å². The Morgan fingerprint density at radius 3 is 0.738 bits per heavy atom. The Balaban J connectivity index is 0.000000410. The molecule has 5 aliphatic heterocycles. The van der Waals surface area contributed by atoms with Crippen LogP contribution in [0.5, 0.6) is 0 Å². The summed E-state index contributed by atoms with van der Waals surface area (Å²) in [5.41, 5.74) is 46.4. The van der Waals surface area contributed by atoms with Crippen LogP contribution in [0.25, 0.3) is 0 Å². The highest BCUT2D eigenvalue weighted by atomic mass is 15.3. The zero-order valence-corrected chi connectivity index (χ0v) is 43.6. The Kier molecular flexibility index (Phi) is 37.4. The van der Waals surface area contributed by atoms with Gasteiger partial charge in [0.15, 0.2) is 0 Å². The van der Waals surface area contributed by atoms with E-state index in [0.717, 1.165) is 215 Å². The van der Waals surface area contributed by atoms with Gasteiger partial charge >= 0.3 is 0 Å². The van der Waals surface area contributed by atoms with Crippen LogP contribution >= 0.6 is 0 Å². The molecule has 5 saturated heterocycles. The molecule has 5 aliphatic rings. The topological polar surface area (TPSA) is 258 Å². The van der Waals surface area contributed by atoms with E-state index in [0.29, 0.717) is 30.2 Å². The molecule has 0 aromatic rings. The summed E-state index contributed by atoms with van der Waals surface area (Å²) in [6.45, 7) is 46.7. The monoisotopic (exact) mass is 929 g/mol. The van der Waals surface area contributed by atoms with Crippen LogP contribution in [0, 0.1) is 0 Å². The van der Waals surface area contributed by atoms with E-state index in [9.17, 15) is 0 Å². The summed E-state index contributed by atoms with van der Waals surface area (Å²) < 4.78 is 0. The molecule has 0 amide bonds. The van der Waals surface area contributed by atoms with E-state index >= 15 is 0 Å². The van der Waals surface area contributed by atoms with Gasteiger partial charge in [-0.05, 0) is 46.5 Å². The van der Waals surface area contributed by atoms with E-state index in [4.69, 9.17) is 45.9 Å². The molecule has 18 N–H and O–H groups in total. The van der Waals surface area contributed by atoms with Gasteiger partial charge in [0.1, 0.15) is 0 Å². The summed E-state index contributed by atoms with van der Waals surface area (Å²) in [5, 5.41) is 6.63. The molecule has 5 rings (SSSR count). The van der Waals surface area contributed by atoms with Gasteiger partial charge in [0.25, 0.3) is 0 Å². The van der Waals surface area contributed by atoms with Crippen LogP contribution in [0.4, 0.5) is 0 Å². The van der Waals surface area contributed by atoms with Crippen LogP contribution in [-0.4, -0.2) is 271 Å². The first-order chi connectivity index (χ1) is 31.1. The number of piperazine rings is 5. The Labute approximate surface area is 400 Å². The minimum Gasteiger partial charge on any atom is -0.329 e. The lowest BCUT2D eigenvalue weighted by atomic mass is 10.2. The van der Waals surface area contributed by atoms with Crippen molar-refractivity contribution in [3.05, 3.63) is 0 Å². The minimum absolute atomic E-state index is 0.287. The van der Waals surface area contributed by atoms with Gasteiger partial charge in [-0.1, -0.05) is 27.7 Å². The fourth-order valence-corrected chi connectivity index (χ4v) is 8.54. The van der Waals surface area contributed by atoms with Gasteiger partial charge in [0.05, 0.1) is 0 Å². The van der Waals surface area contributed by atoms with Crippen molar-refractivity contribution >= 4 is 0 Å². The van der Waals surface area contributed by atoms with E-state index in [-0.39, 0.29) is 12.1 Å². The summed E-state index contributed by atoms with van der Waals surface area (Å²) >= 11 is 0. The van der Waals surface area contributed by atoms with Crippen LogP contribution in [0.1, 0.15) is 74.1 Å². The molecule has 0 bridgehead atoms. The molecular weight excluding hydrogens is 817 g/mol. The lowest BCUT2D eigenvalue weighted by molar-refractivity contribution is 0.121. The maximum Gasteiger partial charge on any atom is 0.0165 e. The second kappa shape index (κ2) is 39.1. The molecular formula is C47H112N18. The highest BCUT2D eigenvalue weighted by molar-refractivity contribution is 4.79. The normalized spacial score (nSPS) is 23.7. The third-order valence-corrected chi connectivity index (χ3v) is 13.0. The summed E-state index contributed by atoms with van der Waals surface area (Å²) in [7, 11) is 0. The van der Waals surface area contributed by atoms with Crippen molar-refractivity contribution in [3.63, 3.8) is 0 Å². The van der Waals surface area contributed by atoms with Gasteiger partial charge in [-0.15, -0.1) is 0 Å². The van der Waals surface area contributed by atoms with Crippen molar-refractivity contribution in [1.82, 2.24) is 49.8 Å². The standard InChI is InChI=1S/C12H28N4.2C10H24N4.C8H19N3.C7H17N3/c1-3-11(13)9-15-5-7-16(8-6-15)10-12(14)4-2;1-9(11)7-13-3-5-14(6-4-13)8-10(2)12;1-2-10(12)9-14-7-5-13(4-3-11)6-8-14;1-2-8(9)7-11-5-3-10-4-6-11;1-7(8)6-10-4-2-9-3-5-10/h11-12H,3-10,13-14H2,1-2H3;9-10H,3-8,11-12H2,1-2H3;10H,2-9,11-12H2,1H3;8,10H,2-7,9H2,1H3;7,9H,2-6,8H2,1H3. The summed E-state index contributed by atoms with van der Waals surface area (Å²) in [6.07, 6.45) is 4.30. The molecule has 7 atom stereocenters. The second-order valence-electron chi connectivity index (χ2n) is 19.8. The first-order valence-electron chi connectivity index (χ1n) is 26.3. The van der Waals surface area contributed by atoms with Crippen molar-refractivity contribution in [3.8, 4) is 0 Å². The first kappa shape index (κ1) is 62.3. The number of nitrogens with zero attached hydrogens (tertiary/aromatic N) is 8. The van der Waals surface area contributed by atoms with Gasteiger partial charge in [-0.2, -0.15) is 0 Å². The predicted molar refractivity (Wildman–Crippen MR) is 280 cm³/mol. The zero-order chi connectivity index (χ0) is 48.4. The number of rotatable bonds is 20. The van der Waals surface area contributed by atoms with Gasteiger partial charge in [-0.25, -0.2) is 0 Å². The fraction of sp³-hybridized carbons (Fsp3) is 1.00. The molecule has 390 valence electrons. The lowest BCUT2D eigenvalue weighted by Crippen LogP contribution is -2.52. The van der Waals surface area contributed by atoms with Gasteiger partial charge in [0, 0.05) is 232 Å². The fourth-order valence-electron chi connectivity index (χ4n) is 8.54. The molecule has 7 unspecified atom stereocenters. The van der Waals surface area contributed by atoms with Crippen LogP contribution < -0.4 is 56.5 Å². The number of hydrogen-bond donors (Lipinski definition) is 10. The predicted octanol–water partition coefficient (Wildman–Crippen LogP) is -2.46. The third-order valence-electron chi connectivity index (χ3n) is 13.0. The molecule has 0 radical (unpaired) electrons. The first-order valence-corrected chi connectivity index (χ1v) is 26.3. The third kappa shape index (κ3) is 33.5. The van der Waals surface area contributed by atoms with Gasteiger partial charge in [-0.3, -0.25) is 39.2 Å². The maximum absolute atomic E-state index is 5.97. The van der Waals surface area contributed by atoms with Gasteiger partial charge in [0.2, 0.25) is 0 Å². The number of hydrogen-bond acceptors (Lipinski definition) is 18. The Hall–Kier alpha value is -0.720. The molecule has 18 nitrogen and oxygen atoms in total. The van der Waals surface area contributed by atoms with Gasteiger partial charge < -0.3 is 56.5 Å². The van der Waals surface area contributed by atoms with Crippen molar-refractivity contribution in [2.24, 2.45) is 45.9 Å². The van der Waals surface area contributed by atoms with Crippen molar-refractivity contribution < 1.29 is 0 Å². The minimum atomic E-state index is 0.287. The second-order valence-corrected chi connectivity index (χ2v) is 19.8. The summed E-state index contributed by atoms with van der Waals surface area (Å²) in [6, 6.07) is 2.28. The zero-order valence-electron chi connectivity index (χ0n) is 43.6. The number of nitrogens with one attached hydrogen (secondary N) is 2. The summed E-state index contributed by atoms with van der Waals surface area (Å²) in [4.78, 5) is 19.5. The largest absolute Gasteiger partial charge is 0.329 e. The summed E-state index contributed by atoms with van der Waals surface area (Å²) in [5.74, 6) is 0. The molecule has 0 aliphatic carbocycles. The van der Waals surface area contributed by atoms with Crippen LogP contribution in [0.2, 0.25) is 0 Å². The van der Waals surface area contributed by atoms with Crippen LogP contribution in [-0.2, 0) is 0 Å². The van der Waals surface area contributed by atoms with E-state index in [1.165, 1.54) is 0 Å². The Bertz CT molecular complexity index is 987. The van der Waals surface area contributed by atoms with Crippen molar-refractivity contribution in [2.75, 3.05) is 190 Å². The quantitative estimate of drug-likeness (QED) is 0.0608. The SMILES string of the molecule is CC(N)CN1CCN(CC(C)N)CC1.CC(N)CN1CCNCC1.CCC(N)CN1CCN(CC(N)CC)CC1.CCC(N)CN1CCN(CCN)CC1.CCC(N)CN1CCNCC1. The van der Waals surface area contributed by atoms with Crippen LogP contribution in [0.3, 0.4) is 0 Å².